The van der Waals surface area contributed by atoms with Crippen molar-refractivity contribution in [2.45, 2.75) is 42.4 Å². The second kappa shape index (κ2) is 12.9. The van der Waals surface area contributed by atoms with E-state index < -0.39 is 4.75 Å². The van der Waals surface area contributed by atoms with Crippen molar-refractivity contribution in [1.29, 1.82) is 0 Å². The summed E-state index contributed by atoms with van der Waals surface area (Å²) in [6.45, 7) is 4.17. The van der Waals surface area contributed by atoms with Crippen molar-refractivity contribution < 1.29 is 9.53 Å². The van der Waals surface area contributed by atoms with Crippen LogP contribution in [-0.2, 0) is 14.3 Å². The van der Waals surface area contributed by atoms with Crippen LogP contribution in [0.5, 0.6) is 0 Å². The Hall–Kier alpha value is -3.34. The third-order valence-corrected chi connectivity index (χ3v) is 8.99. The van der Waals surface area contributed by atoms with Crippen LogP contribution >= 0.6 is 11.8 Å². The number of carbonyl (C=O) groups is 1. The van der Waals surface area contributed by atoms with Gasteiger partial charge in [0.2, 0.25) is 0 Å². The van der Waals surface area contributed by atoms with Gasteiger partial charge in [-0.3, -0.25) is 4.79 Å². The number of rotatable bonds is 11. The van der Waals surface area contributed by atoms with Gasteiger partial charge in [-0.25, -0.2) is 0 Å². The standard InChI is InChI=1S/C34H37NO2S/c1-5-31(33(36)37-32(26(2)35(3)4)27-18-10-6-11-19-27)38-34(28-20-12-7-13-21-28,29-22-14-8-15-23-29)30-24-16-9-17-25-30/h6-26,31-32H,5H2,1-4H3/t26-,31+,32-/m0/s1. The maximum absolute atomic E-state index is 14.0. The highest BCUT2D eigenvalue weighted by molar-refractivity contribution is 8.01. The Morgan fingerprint density at radius 3 is 1.50 bits per heavy atom. The molecule has 0 N–H and O–H groups in total. The van der Waals surface area contributed by atoms with Crippen LogP contribution in [0.4, 0.5) is 0 Å². The first-order chi connectivity index (χ1) is 18.5. The lowest BCUT2D eigenvalue weighted by atomic mass is 9.84. The molecule has 4 heteroatoms. The number of benzene rings is 4. The number of ether oxygens (including phenoxy) is 1. The van der Waals surface area contributed by atoms with Crippen molar-refractivity contribution in [3.8, 4) is 0 Å². The molecule has 4 aromatic carbocycles. The Morgan fingerprint density at radius 1 is 0.737 bits per heavy atom. The van der Waals surface area contributed by atoms with Crippen LogP contribution in [0, 0.1) is 0 Å². The number of likely N-dealkylation sites (N-methyl/N-ethyl adjacent to an activating group) is 1. The fraction of sp³-hybridized carbons (Fsp3) is 0.265. The maximum Gasteiger partial charge on any atom is 0.319 e. The quantitative estimate of drug-likeness (QED) is 0.149. The first kappa shape index (κ1) is 27.7. The molecule has 38 heavy (non-hydrogen) atoms. The summed E-state index contributed by atoms with van der Waals surface area (Å²) in [5.41, 5.74) is 4.40. The Balaban J connectivity index is 1.78. The molecular weight excluding hydrogens is 486 g/mol. The largest absolute Gasteiger partial charge is 0.455 e. The third-order valence-electron chi connectivity index (χ3n) is 7.12. The molecule has 0 aliphatic rings. The number of hydrogen-bond donors (Lipinski definition) is 0. The van der Waals surface area contributed by atoms with Gasteiger partial charge in [0.1, 0.15) is 11.4 Å². The van der Waals surface area contributed by atoms with Gasteiger partial charge < -0.3 is 9.64 Å². The Labute approximate surface area is 231 Å². The lowest BCUT2D eigenvalue weighted by Gasteiger charge is -2.38. The molecule has 0 aliphatic carbocycles. The van der Waals surface area contributed by atoms with Gasteiger partial charge in [-0.05, 0) is 49.7 Å². The van der Waals surface area contributed by atoms with E-state index in [0.717, 1.165) is 22.3 Å². The van der Waals surface area contributed by atoms with Crippen molar-refractivity contribution >= 4 is 17.7 Å². The van der Waals surface area contributed by atoms with Crippen molar-refractivity contribution in [2.24, 2.45) is 0 Å². The zero-order valence-corrected chi connectivity index (χ0v) is 23.5. The van der Waals surface area contributed by atoms with E-state index in [-0.39, 0.29) is 23.4 Å². The lowest BCUT2D eigenvalue weighted by molar-refractivity contribution is -0.151. The van der Waals surface area contributed by atoms with Crippen molar-refractivity contribution in [2.75, 3.05) is 14.1 Å². The van der Waals surface area contributed by atoms with E-state index >= 15 is 0 Å². The summed E-state index contributed by atoms with van der Waals surface area (Å²) >= 11 is 1.67. The highest BCUT2D eigenvalue weighted by Crippen LogP contribution is 2.51. The van der Waals surface area contributed by atoms with Crippen LogP contribution in [0.3, 0.4) is 0 Å². The molecule has 4 rings (SSSR count). The SMILES string of the molecule is CC[C@@H](SC(c1ccccc1)(c1ccccc1)c1ccccc1)C(=O)O[C@H](c1ccccc1)[C@H](C)N(C)C. The average Bonchev–Trinajstić information content (AvgIpc) is 2.98. The molecular formula is C34H37NO2S. The third kappa shape index (κ3) is 6.03. The molecule has 3 nitrogen and oxygen atoms in total. The van der Waals surface area contributed by atoms with Crippen molar-refractivity contribution in [3.05, 3.63) is 144 Å². The molecule has 0 aromatic heterocycles. The van der Waals surface area contributed by atoms with Crippen LogP contribution in [0.25, 0.3) is 0 Å². The van der Waals surface area contributed by atoms with Gasteiger partial charge in [0.05, 0.1) is 4.75 Å². The van der Waals surface area contributed by atoms with E-state index in [0.29, 0.717) is 6.42 Å². The minimum atomic E-state index is -0.584. The monoisotopic (exact) mass is 523 g/mol. The first-order valence-corrected chi connectivity index (χ1v) is 14.1. The van der Waals surface area contributed by atoms with E-state index in [4.69, 9.17) is 4.74 Å². The van der Waals surface area contributed by atoms with Crippen LogP contribution in [0.2, 0.25) is 0 Å². The number of esters is 1. The highest BCUT2D eigenvalue weighted by Gasteiger charge is 2.42. The predicted molar refractivity (Wildman–Crippen MR) is 159 cm³/mol. The van der Waals surface area contributed by atoms with Crippen LogP contribution in [-0.4, -0.2) is 36.3 Å². The summed E-state index contributed by atoms with van der Waals surface area (Å²) in [5.74, 6) is -0.188. The van der Waals surface area contributed by atoms with Gasteiger partial charge in [-0.15, -0.1) is 11.8 Å². The molecule has 0 heterocycles. The molecule has 3 atom stereocenters. The summed E-state index contributed by atoms with van der Waals surface area (Å²) < 4.78 is 5.78. The summed E-state index contributed by atoms with van der Waals surface area (Å²) in [7, 11) is 4.04. The van der Waals surface area contributed by atoms with Gasteiger partial charge in [0, 0.05) is 6.04 Å². The van der Waals surface area contributed by atoms with Gasteiger partial charge in [0.25, 0.3) is 0 Å². The minimum absolute atomic E-state index is 0.0194. The molecule has 0 saturated heterocycles. The van der Waals surface area contributed by atoms with Gasteiger partial charge in [0.15, 0.2) is 0 Å². The summed E-state index contributed by atoms with van der Waals surface area (Å²) in [5, 5.41) is -0.379. The van der Waals surface area contributed by atoms with E-state index in [1.807, 2.05) is 62.6 Å². The number of nitrogens with zero attached hydrogens (tertiary/aromatic N) is 1. The number of thioether (sulfide) groups is 1. The fourth-order valence-electron chi connectivity index (χ4n) is 4.79. The van der Waals surface area contributed by atoms with Crippen molar-refractivity contribution in [3.63, 3.8) is 0 Å². The summed E-state index contributed by atoms with van der Waals surface area (Å²) in [4.78, 5) is 16.1. The molecule has 0 spiro atoms. The second-order valence-corrected chi connectivity index (χ2v) is 11.2. The normalized spacial score (nSPS) is 14.0. The number of hydrogen-bond acceptors (Lipinski definition) is 4. The van der Waals surface area contributed by atoms with Gasteiger partial charge >= 0.3 is 5.97 Å². The Bertz CT molecular complexity index is 1170. The second-order valence-electron chi connectivity index (χ2n) is 9.77. The average molecular weight is 524 g/mol. The Kier molecular flexibility index (Phi) is 9.43. The molecule has 0 amide bonds. The first-order valence-electron chi connectivity index (χ1n) is 13.2. The lowest BCUT2D eigenvalue weighted by Crippen LogP contribution is -2.37. The van der Waals surface area contributed by atoms with Crippen LogP contribution < -0.4 is 0 Å². The van der Waals surface area contributed by atoms with Crippen LogP contribution in [0.15, 0.2) is 121 Å². The Morgan fingerprint density at radius 2 is 1.13 bits per heavy atom. The molecule has 0 saturated carbocycles. The van der Waals surface area contributed by atoms with Crippen molar-refractivity contribution in [1.82, 2.24) is 4.90 Å². The zero-order valence-electron chi connectivity index (χ0n) is 22.7. The zero-order chi connectivity index (χ0) is 27.0. The highest BCUT2D eigenvalue weighted by atomic mass is 32.2. The van der Waals surface area contributed by atoms with E-state index in [1.54, 1.807) is 11.8 Å². The van der Waals surface area contributed by atoms with Crippen LogP contribution in [0.1, 0.15) is 48.6 Å². The molecule has 0 unspecified atom stereocenters. The molecule has 0 radical (unpaired) electrons. The van der Waals surface area contributed by atoms with E-state index in [1.165, 1.54) is 0 Å². The smallest absolute Gasteiger partial charge is 0.319 e. The van der Waals surface area contributed by atoms with Gasteiger partial charge in [-0.1, -0.05) is 128 Å². The molecule has 0 aliphatic heterocycles. The maximum atomic E-state index is 14.0. The molecule has 196 valence electrons. The van der Waals surface area contributed by atoms with E-state index in [2.05, 4.69) is 91.5 Å². The van der Waals surface area contributed by atoms with Gasteiger partial charge in [-0.2, -0.15) is 0 Å². The topological polar surface area (TPSA) is 29.5 Å². The summed E-state index contributed by atoms with van der Waals surface area (Å²) in [6, 6.07) is 41.5. The molecule has 0 bridgehead atoms. The summed E-state index contributed by atoms with van der Waals surface area (Å²) in [6.07, 6.45) is 0.281. The molecule has 4 aromatic rings. The minimum Gasteiger partial charge on any atom is -0.455 e. The predicted octanol–water partition coefficient (Wildman–Crippen LogP) is 7.72. The molecule has 0 fully saturated rings. The number of carbonyl (C=O) groups excluding carboxylic acids is 1. The fourth-order valence-corrected chi connectivity index (χ4v) is 6.36. The van der Waals surface area contributed by atoms with E-state index in [9.17, 15) is 4.79 Å².